The molecule has 2 nitrogen and oxygen atoms in total. The first kappa shape index (κ1) is 11.7. The molecule has 5 atom stereocenters. The van der Waals surface area contributed by atoms with Crippen molar-refractivity contribution in [2.45, 2.75) is 45.1 Å². The molecule has 1 aliphatic heterocycles. The van der Waals surface area contributed by atoms with E-state index in [0.29, 0.717) is 6.04 Å². The molecule has 4 aliphatic rings. The van der Waals surface area contributed by atoms with Gasteiger partial charge in [-0.1, -0.05) is 0 Å². The van der Waals surface area contributed by atoms with Gasteiger partial charge in [0.15, 0.2) is 0 Å². The van der Waals surface area contributed by atoms with Crippen molar-refractivity contribution in [3.8, 4) is 0 Å². The largest absolute Gasteiger partial charge is 0.313 e. The molecule has 1 saturated heterocycles. The average molecular weight is 248 g/mol. The van der Waals surface area contributed by atoms with Crippen LogP contribution >= 0.6 is 0 Å². The molecule has 0 aromatic carbocycles. The molecule has 4 rings (SSSR count). The lowest BCUT2D eigenvalue weighted by atomic mass is 10.0. The van der Waals surface area contributed by atoms with Gasteiger partial charge in [0.2, 0.25) is 0 Å². The molecule has 2 heteroatoms. The Labute approximate surface area is 111 Å². The van der Waals surface area contributed by atoms with E-state index in [0.717, 1.165) is 29.6 Å². The Kier molecular flexibility index (Phi) is 2.92. The van der Waals surface area contributed by atoms with Gasteiger partial charge in [-0.3, -0.25) is 0 Å². The minimum absolute atomic E-state index is 0.696. The molecule has 0 aromatic rings. The Morgan fingerprint density at radius 1 is 1.11 bits per heavy atom. The first-order valence-corrected chi connectivity index (χ1v) is 8.28. The monoisotopic (exact) mass is 248 g/mol. The van der Waals surface area contributed by atoms with Crippen LogP contribution in [-0.2, 0) is 0 Å². The summed E-state index contributed by atoms with van der Waals surface area (Å²) in [6, 6.07) is 0.696. The highest BCUT2D eigenvalue weighted by Gasteiger charge is 2.64. The zero-order valence-electron chi connectivity index (χ0n) is 11.8. The highest BCUT2D eigenvalue weighted by Crippen LogP contribution is 2.69. The average Bonchev–Trinajstić information content (AvgIpc) is 2.83. The highest BCUT2D eigenvalue weighted by atomic mass is 15.2. The molecule has 102 valence electrons. The Balaban J connectivity index is 1.21. The topological polar surface area (TPSA) is 15.3 Å². The van der Waals surface area contributed by atoms with E-state index in [-0.39, 0.29) is 0 Å². The fourth-order valence-electron chi connectivity index (χ4n) is 5.53. The molecule has 18 heavy (non-hydrogen) atoms. The van der Waals surface area contributed by atoms with Crippen LogP contribution in [0.2, 0.25) is 0 Å². The van der Waals surface area contributed by atoms with Crippen LogP contribution < -0.4 is 5.32 Å². The summed E-state index contributed by atoms with van der Waals surface area (Å²) in [5.41, 5.74) is 0. The molecule has 1 N–H and O–H groups in total. The summed E-state index contributed by atoms with van der Waals surface area (Å²) < 4.78 is 0. The number of hydrogen-bond acceptors (Lipinski definition) is 2. The quantitative estimate of drug-likeness (QED) is 0.803. The van der Waals surface area contributed by atoms with E-state index in [1.54, 1.807) is 19.3 Å². The van der Waals surface area contributed by atoms with Gasteiger partial charge < -0.3 is 10.2 Å². The van der Waals surface area contributed by atoms with Crippen LogP contribution in [-0.4, -0.2) is 37.1 Å². The molecule has 2 bridgehead atoms. The van der Waals surface area contributed by atoms with Crippen LogP contribution in [0.3, 0.4) is 0 Å². The molecule has 0 radical (unpaired) electrons. The maximum atomic E-state index is 3.83. The highest BCUT2D eigenvalue weighted by molar-refractivity contribution is 5.13. The molecule has 5 unspecified atom stereocenters. The molecular weight excluding hydrogens is 220 g/mol. The van der Waals surface area contributed by atoms with E-state index in [1.807, 2.05) is 0 Å². The maximum absolute atomic E-state index is 3.83. The summed E-state index contributed by atoms with van der Waals surface area (Å²) in [5, 5.41) is 3.83. The van der Waals surface area contributed by atoms with Crippen molar-refractivity contribution in [2.75, 3.05) is 26.2 Å². The van der Waals surface area contributed by atoms with Crippen LogP contribution in [0.25, 0.3) is 0 Å². The standard InChI is InChI=1S/C16H28N2/c1-11(10-18-6-2-3-7-18)17-9-14-15-12-4-5-13(8-12)16(14)15/h11-17H,2-10H2,1H3. The van der Waals surface area contributed by atoms with Crippen molar-refractivity contribution in [2.24, 2.45) is 29.6 Å². The zero-order valence-corrected chi connectivity index (χ0v) is 11.8. The molecule has 4 fully saturated rings. The third kappa shape index (κ3) is 1.92. The van der Waals surface area contributed by atoms with Crippen LogP contribution in [0.1, 0.15) is 39.0 Å². The van der Waals surface area contributed by atoms with E-state index in [9.17, 15) is 0 Å². The first-order valence-electron chi connectivity index (χ1n) is 8.28. The van der Waals surface area contributed by atoms with Crippen LogP contribution in [0, 0.1) is 29.6 Å². The molecule has 0 aromatic heterocycles. The fourth-order valence-corrected chi connectivity index (χ4v) is 5.53. The van der Waals surface area contributed by atoms with Crippen molar-refractivity contribution in [3.05, 3.63) is 0 Å². The number of likely N-dealkylation sites (tertiary alicyclic amines) is 1. The Morgan fingerprint density at radius 2 is 1.78 bits per heavy atom. The van der Waals surface area contributed by atoms with E-state index in [2.05, 4.69) is 17.1 Å². The number of fused-ring (bicyclic) bond motifs is 5. The predicted molar refractivity (Wildman–Crippen MR) is 74.4 cm³/mol. The van der Waals surface area contributed by atoms with Crippen molar-refractivity contribution in [1.82, 2.24) is 10.2 Å². The van der Waals surface area contributed by atoms with Gasteiger partial charge in [-0.15, -0.1) is 0 Å². The third-order valence-electron chi connectivity index (χ3n) is 6.33. The zero-order chi connectivity index (χ0) is 12.1. The summed E-state index contributed by atoms with van der Waals surface area (Å²) >= 11 is 0. The van der Waals surface area contributed by atoms with Gasteiger partial charge >= 0.3 is 0 Å². The lowest BCUT2D eigenvalue weighted by Crippen LogP contribution is -2.39. The van der Waals surface area contributed by atoms with E-state index >= 15 is 0 Å². The second-order valence-corrected chi connectivity index (χ2v) is 7.47. The minimum Gasteiger partial charge on any atom is -0.313 e. The van der Waals surface area contributed by atoms with Crippen molar-refractivity contribution < 1.29 is 0 Å². The third-order valence-corrected chi connectivity index (χ3v) is 6.33. The van der Waals surface area contributed by atoms with Gasteiger partial charge in [-0.05, 0) is 88.3 Å². The molecule has 0 amide bonds. The molecule has 3 saturated carbocycles. The van der Waals surface area contributed by atoms with Gasteiger partial charge in [0.05, 0.1) is 0 Å². The number of rotatable bonds is 5. The first-order chi connectivity index (χ1) is 8.83. The van der Waals surface area contributed by atoms with Crippen molar-refractivity contribution >= 4 is 0 Å². The number of nitrogens with zero attached hydrogens (tertiary/aromatic N) is 1. The van der Waals surface area contributed by atoms with Gasteiger partial charge in [0.25, 0.3) is 0 Å². The van der Waals surface area contributed by atoms with Gasteiger partial charge in [0.1, 0.15) is 0 Å². The summed E-state index contributed by atoms with van der Waals surface area (Å²) in [5.74, 6) is 5.64. The lowest BCUT2D eigenvalue weighted by molar-refractivity contribution is 0.293. The van der Waals surface area contributed by atoms with E-state index in [4.69, 9.17) is 0 Å². The summed E-state index contributed by atoms with van der Waals surface area (Å²) in [6.07, 6.45) is 7.55. The Hall–Kier alpha value is -0.0800. The molecular formula is C16H28N2. The van der Waals surface area contributed by atoms with Gasteiger partial charge in [0, 0.05) is 12.6 Å². The molecule has 3 aliphatic carbocycles. The van der Waals surface area contributed by atoms with Crippen molar-refractivity contribution in [3.63, 3.8) is 0 Å². The van der Waals surface area contributed by atoms with Crippen LogP contribution in [0.5, 0.6) is 0 Å². The summed E-state index contributed by atoms with van der Waals surface area (Å²) in [6.45, 7) is 7.65. The Morgan fingerprint density at radius 3 is 2.44 bits per heavy atom. The SMILES string of the molecule is CC(CN1CCCC1)NCC1C2C3CCC(C3)C12. The Bertz CT molecular complexity index is 294. The number of nitrogens with one attached hydrogen (secondary N) is 1. The van der Waals surface area contributed by atoms with E-state index < -0.39 is 0 Å². The normalized spacial score (nSPS) is 47.5. The molecule has 1 heterocycles. The van der Waals surface area contributed by atoms with Gasteiger partial charge in [-0.25, -0.2) is 0 Å². The van der Waals surface area contributed by atoms with Crippen LogP contribution in [0.15, 0.2) is 0 Å². The maximum Gasteiger partial charge on any atom is 0.0166 e. The smallest absolute Gasteiger partial charge is 0.0166 e. The summed E-state index contributed by atoms with van der Waals surface area (Å²) in [4.78, 5) is 2.63. The van der Waals surface area contributed by atoms with Crippen molar-refractivity contribution in [1.29, 1.82) is 0 Å². The number of hydrogen-bond donors (Lipinski definition) is 1. The van der Waals surface area contributed by atoms with Crippen LogP contribution in [0.4, 0.5) is 0 Å². The van der Waals surface area contributed by atoms with E-state index in [1.165, 1.54) is 39.0 Å². The van der Waals surface area contributed by atoms with Gasteiger partial charge in [-0.2, -0.15) is 0 Å². The second kappa shape index (κ2) is 4.49. The summed E-state index contributed by atoms with van der Waals surface area (Å²) in [7, 11) is 0. The lowest BCUT2D eigenvalue weighted by Gasteiger charge is -2.21. The predicted octanol–water partition coefficient (Wildman–Crippen LogP) is 2.35. The minimum atomic E-state index is 0.696. The molecule has 0 spiro atoms. The fraction of sp³-hybridized carbons (Fsp3) is 1.00. The second-order valence-electron chi connectivity index (χ2n) is 7.47.